The van der Waals surface area contributed by atoms with Crippen molar-refractivity contribution in [3.8, 4) is 0 Å². The molecule has 1 aromatic rings. The number of hydrogen-bond acceptors (Lipinski definition) is 3. The Bertz CT molecular complexity index is 309. The number of rotatable bonds is 6. The zero-order valence-electron chi connectivity index (χ0n) is 8.92. The minimum Gasteiger partial charge on any atom is -0.312 e. The third-order valence-corrected chi connectivity index (χ3v) is 4.40. The summed E-state index contributed by atoms with van der Waals surface area (Å²) in [6.45, 7) is 4.33. The van der Waals surface area contributed by atoms with Gasteiger partial charge in [0.2, 0.25) is 0 Å². The van der Waals surface area contributed by atoms with Crippen molar-refractivity contribution in [1.29, 1.82) is 0 Å². The number of halogens is 1. The summed E-state index contributed by atoms with van der Waals surface area (Å²) in [5.74, 6) is 0. The molecule has 84 valence electrons. The van der Waals surface area contributed by atoms with E-state index in [1.54, 1.807) is 0 Å². The molecule has 2 nitrogen and oxygen atoms in total. The van der Waals surface area contributed by atoms with E-state index in [2.05, 4.69) is 51.6 Å². The van der Waals surface area contributed by atoms with Crippen LogP contribution in [0.15, 0.2) is 11.4 Å². The standard InChI is InChI=1S/C11H17IN2S/c1-8(5-14-10-2-3-10)13-6-9-4-11(12)15-7-9/h4,7-8,10,13-14H,2-3,5-6H2,1H3. The first-order valence-corrected chi connectivity index (χ1v) is 7.39. The lowest BCUT2D eigenvalue weighted by molar-refractivity contribution is 0.500. The van der Waals surface area contributed by atoms with Crippen LogP contribution in [-0.4, -0.2) is 18.6 Å². The van der Waals surface area contributed by atoms with E-state index in [-0.39, 0.29) is 0 Å². The minimum atomic E-state index is 0.558. The van der Waals surface area contributed by atoms with Crippen molar-refractivity contribution in [3.05, 3.63) is 19.9 Å². The van der Waals surface area contributed by atoms with E-state index in [4.69, 9.17) is 0 Å². The van der Waals surface area contributed by atoms with Gasteiger partial charge in [0.25, 0.3) is 0 Å². The second-order valence-electron chi connectivity index (χ2n) is 4.22. The Morgan fingerprint density at radius 2 is 2.40 bits per heavy atom. The van der Waals surface area contributed by atoms with Crippen molar-refractivity contribution >= 4 is 33.9 Å². The molecule has 1 heterocycles. The van der Waals surface area contributed by atoms with Crippen LogP contribution in [0.3, 0.4) is 0 Å². The predicted octanol–water partition coefficient (Wildman–Crippen LogP) is 2.58. The highest BCUT2D eigenvalue weighted by molar-refractivity contribution is 14.1. The van der Waals surface area contributed by atoms with Crippen LogP contribution >= 0.6 is 33.9 Å². The Kier molecular flexibility index (Phi) is 4.42. The molecule has 0 radical (unpaired) electrons. The molecule has 0 aromatic carbocycles. The van der Waals surface area contributed by atoms with Crippen LogP contribution in [0.5, 0.6) is 0 Å². The van der Waals surface area contributed by atoms with E-state index < -0.39 is 0 Å². The lowest BCUT2D eigenvalue weighted by Gasteiger charge is -2.13. The number of nitrogens with one attached hydrogen (secondary N) is 2. The fraction of sp³-hybridized carbons (Fsp3) is 0.636. The summed E-state index contributed by atoms with van der Waals surface area (Å²) in [7, 11) is 0. The van der Waals surface area contributed by atoms with Crippen LogP contribution in [0.1, 0.15) is 25.3 Å². The minimum absolute atomic E-state index is 0.558. The lowest BCUT2D eigenvalue weighted by Crippen LogP contribution is -2.36. The van der Waals surface area contributed by atoms with Crippen LogP contribution in [-0.2, 0) is 6.54 Å². The summed E-state index contributed by atoms with van der Waals surface area (Å²) in [4.78, 5) is 0. The molecule has 2 rings (SSSR count). The quantitative estimate of drug-likeness (QED) is 0.781. The largest absolute Gasteiger partial charge is 0.312 e. The Morgan fingerprint density at radius 3 is 3.00 bits per heavy atom. The zero-order chi connectivity index (χ0) is 10.7. The number of thiophene rings is 1. The molecule has 15 heavy (non-hydrogen) atoms. The average Bonchev–Trinajstić information content (AvgIpc) is 2.95. The molecule has 1 aliphatic rings. The normalized spacial score (nSPS) is 18.0. The first kappa shape index (κ1) is 11.8. The molecule has 0 saturated heterocycles. The molecule has 4 heteroatoms. The third kappa shape index (κ3) is 4.38. The maximum atomic E-state index is 3.54. The van der Waals surface area contributed by atoms with Gasteiger partial charge in [0.15, 0.2) is 0 Å². The molecule has 1 saturated carbocycles. The molecular formula is C11H17IN2S. The van der Waals surface area contributed by atoms with Crippen molar-refractivity contribution in [1.82, 2.24) is 10.6 Å². The lowest BCUT2D eigenvalue weighted by atomic mass is 10.3. The molecule has 0 spiro atoms. The van der Waals surface area contributed by atoms with Crippen LogP contribution < -0.4 is 10.6 Å². The highest BCUT2D eigenvalue weighted by atomic mass is 127. The van der Waals surface area contributed by atoms with Gasteiger partial charge in [-0.15, -0.1) is 11.3 Å². The molecule has 1 aromatic heterocycles. The van der Waals surface area contributed by atoms with Crippen molar-refractivity contribution in [2.75, 3.05) is 6.54 Å². The van der Waals surface area contributed by atoms with E-state index >= 15 is 0 Å². The second kappa shape index (κ2) is 5.61. The van der Waals surface area contributed by atoms with Gasteiger partial charge in [0, 0.05) is 25.2 Å². The van der Waals surface area contributed by atoms with Crippen LogP contribution in [0.2, 0.25) is 0 Å². The van der Waals surface area contributed by atoms with Gasteiger partial charge in [-0.05, 0) is 59.4 Å². The summed E-state index contributed by atoms with van der Waals surface area (Å²) in [6, 6.07) is 3.62. The van der Waals surface area contributed by atoms with E-state index in [0.29, 0.717) is 6.04 Å². The Hall–Kier alpha value is 0.350. The maximum absolute atomic E-state index is 3.54. The molecule has 1 unspecified atom stereocenters. The van der Waals surface area contributed by atoms with Crippen molar-refractivity contribution in [3.63, 3.8) is 0 Å². The van der Waals surface area contributed by atoms with E-state index in [9.17, 15) is 0 Å². The van der Waals surface area contributed by atoms with Gasteiger partial charge in [0.1, 0.15) is 0 Å². The van der Waals surface area contributed by atoms with Gasteiger partial charge >= 0.3 is 0 Å². The Labute approximate surface area is 109 Å². The topological polar surface area (TPSA) is 24.1 Å². The second-order valence-corrected chi connectivity index (χ2v) is 7.03. The van der Waals surface area contributed by atoms with Crippen LogP contribution in [0, 0.1) is 2.88 Å². The predicted molar refractivity (Wildman–Crippen MR) is 74.4 cm³/mol. The Balaban J connectivity index is 1.63. The fourth-order valence-electron chi connectivity index (χ4n) is 1.43. The third-order valence-electron chi connectivity index (χ3n) is 2.57. The molecular weight excluding hydrogens is 319 g/mol. The van der Waals surface area contributed by atoms with Gasteiger partial charge in [-0.25, -0.2) is 0 Å². The van der Waals surface area contributed by atoms with Crippen molar-refractivity contribution < 1.29 is 0 Å². The molecule has 0 aliphatic heterocycles. The molecule has 0 bridgehead atoms. The maximum Gasteiger partial charge on any atom is 0.0656 e. The zero-order valence-corrected chi connectivity index (χ0v) is 11.9. The molecule has 2 N–H and O–H groups in total. The highest BCUT2D eigenvalue weighted by Crippen LogP contribution is 2.18. The summed E-state index contributed by atoms with van der Waals surface area (Å²) >= 11 is 4.18. The summed E-state index contributed by atoms with van der Waals surface area (Å²) < 4.78 is 1.37. The molecule has 1 aliphatic carbocycles. The molecule has 0 amide bonds. The SMILES string of the molecule is CC(CNC1CC1)NCc1csc(I)c1. The van der Waals surface area contributed by atoms with Crippen LogP contribution in [0.25, 0.3) is 0 Å². The Morgan fingerprint density at radius 1 is 1.60 bits per heavy atom. The highest BCUT2D eigenvalue weighted by Gasteiger charge is 2.20. The van der Waals surface area contributed by atoms with Crippen molar-refractivity contribution in [2.24, 2.45) is 0 Å². The summed E-state index contributed by atoms with van der Waals surface area (Å²) in [5.41, 5.74) is 1.41. The first-order valence-electron chi connectivity index (χ1n) is 5.43. The van der Waals surface area contributed by atoms with E-state index in [0.717, 1.165) is 19.1 Å². The van der Waals surface area contributed by atoms with Crippen LogP contribution in [0.4, 0.5) is 0 Å². The summed E-state index contributed by atoms with van der Waals surface area (Å²) in [6.07, 6.45) is 2.74. The van der Waals surface area contributed by atoms with Gasteiger partial charge in [0.05, 0.1) is 2.88 Å². The first-order chi connectivity index (χ1) is 7.24. The van der Waals surface area contributed by atoms with E-state index in [1.165, 1.54) is 21.3 Å². The molecule has 1 atom stereocenters. The monoisotopic (exact) mass is 336 g/mol. The van der Waals surface area contributed by atoms with Gasteiger partial charge in [-0.2, -0.15) is 0 Å². The average molecular weight is 336 g/mol. The molecule has 1 fully saturated rings. The van der Waals surface area contributed by atoms with Crippen molar-refractivity contribution in [2.45, 2.75) is 38.4 Å². The fourth-order valence-corrected chi connectivity index (χ4v) is 2.85. The summed E-state index contributed by atoms with van der Waals surface area (Å²) in [5, 5.41) is 9.30. The smallest absolute Gasteiger partial charge is 0.0656 e. The number of hydrogen-bond donors (Lipinski definition) is 2. The van der Waals surface area contributed by atoms with Gasteiger partial charge in [-0.1, -0.05) is 0 Å². The van der Waals surface area contributed by atoms with E-state index in [1.807, 2.05) is 11.3 Å². The van der Waals surface area contributed by atoms with Gasteiger partial charge < -0.3 is 10.6 Å². The van der Waals surface area contributed by atoms with Gasteiger partial charge in [-0.3, -0.25) is 0 Å².